The molecule has 2 rings (SSSR count). The fraction of sp³-hybridized carbons (Fsp3) is 0.133. The summed E-state index contributed by atoms with van der Waals surface area (Å²) in [6.45, 7) is 0. The van der Waals surface area contributed by atoms with E-state index in [0.717, 1.165) is 18.2 Å². The van der Waals surface area contributed by atoms with Crippen molar-refractivity contribution in [3.8, 4) is 0 Å². The number of benzene rings is 2. The van der Waals surface area contributed by atoms with Gasteiger partial charge in [-0.1, -0.05) is 0 Å². The summed E-state index contributed by atoms with van der Waals surface area (Å²) >= 11 is 0. The zero-order valence-corrected chi connectivity index (χ0v) is 14.2. The Labute approximate surface area is 152 Å². The van der Waals surface area contributed by atoms with Crippen molar-refractivity contribution in [2.45, 2.75) is 0 Å². The second-order valence-corrected chi connectivity index (χ2v) is 5.48. The zero-order chi connectivity index (χ0) is 20.1. The van der Waals surface area contributed by atoms with Crippen molar-refractivity contribution in [3.63, 3.8) is 0 Å². The molecule has 12 heteroatoms. The van der Waals surface area contributed by atoms with E-state index in [1.165, 1.54) is 18.3 Å². The number of non-ortho nitro benzene ring substituents is 2. The molecule has 0 aliphatic carbocycles. The molecule has 0 radical (unpaired) electrons. The first-order valence-electron chi connectivity index (χ1n) is 7.38. The molecule has 2 aromatic carbocycles. The summed E-state index contributed by atoms with van der Waals surface area (Å²) in [4.78, 5) is 32.4. The molecule has 0 saturated heterocycles. The van der Waals surface area contributed by atoms with Gasteiger partial charge in [-0.3, -0.25) is 35.8 Å². The third-order valence-corrected chi connectivity index (χ3v) is 3.48. The second kappa shape index (κ2) is 7.86. The van der Waals surface area contributed by atoms with Gasteiger partial charge in [-0.05, 0) is 12.1 Å². The number of rotatable bonds is 7. The molecule has 0 amide bonds. The van der Waals surface area contributed by atoms with Gasteiger partial charge in [-0.25, -0.2) is 0 Å². The Bertz CT molecular complexity index is 942. The Kier molecular flexibility index (Phi) is 5.60. The van der Waals surface area contributed by atoms with Crippen molar-refractivity contribution in [1.29, 1.82) is 0 Å². The number of nitro groups is 3. The van der Waals surface area contributed by atoms with Gasteiger partial charge in [-0.2, -0.15) is 5.10 Å². The molecule has 27 heavy (non-hydrogen) atoms. The normalized spacial score (nSPS) is 10.6. The molecule has 0 spiro atoms. The summed E-state index contributed by atoms with van der Waals surface area (Å²) in [7, 11) is 3.49. The van der Waals surface area contributed by atoms with E-state index in [1.54, 1.807) is 25.1 Å². The molecule has 0 heterocycles. The number of nitrogens with one attached hydrogen (secondary N) is 1. The van der Waals surface area contributed by atoms with E-state index < -0.39 is 26.1 Å². The molecular formula is C15H14N6O6. The van der Waals surface area contributed by atoms with Crippen LogP contribution in [0.25, 0.3) is 0 Å². The lowest BCUT2D eigenvalue weighted by molar-refractivity contribution is -0.393. The highest BCUT2D eigenvalue weighted by atomic mass is 16.6. The van der Waals surface area contributed by atoms with Crippen molar-refractivity contribution >= 4 is 34.7 Å². The number of anilines is 2. The van der Waals surface area contributed by atoms with Gasteiger partial charge in [0.25, 0.3) is 11.4 Å². The molecule has 0 aliphatic heterocycles. The van der Waals surface area contributed by atoms with Crippen molar-refractivity contribution in [2.75, 3.05) is 24.4 Å². The number of nitrogens with zero attached hydrogens (tertiary/aromatic N) is 5. The number of hydrazone groups is 1. The van der Waals surface area contributed by atoms with Crippen LogP contribution in [0.2, 0.25) is 0 Å². The smallest absolute Gasteiger partial charge is 0.301 e. The molecule has 140 valence electrons. The van der Waals surface area contributed by atoms with E-state index in [1.807, 2.05) is 0 Å². The summed E-state index contributed by atoms with van der Waals surface area (Å²) in [5.74, 6) is 0. The highest BCUT2D eigenvalue weighted by Gasteiger charge is 2.19. The highest BCUT2D eigenvalue weighted by molar-refractivity contribution is 5.89. The van der Waals surface area contributed by atoms with E-state index in [4.69, 9.17) is 0 Å². The Hall–Kier alpha value is -4.09. The molecule has 0 saturated carbocycles. The molecule has 0 aromatic heterocycles. The van der Waals surface area contributed by atoms with E-state index in [0.29, 0.717) is 11.3 Å². The lowest BCUT2D eigenvalue weighted by atomic mass is 10.1. The van der Waals surface area contributed by atoms with Crippen LogP contribution in [0.15, 0.2) is 41.5 Å². The maximum Gasteiger partial charge on any atom is 0.301 e. The zero-order valence-electron chi connectivity index (χ0n) is 14.2. The van der Waals surface area contributed by atoms with E-state index >= 15 is 0 Å². The summed E-state index contributed by atoms with van der Waals surface area (Å²) in [6, 6.07) is 7.29. The number of nitro benzene ring substituents is 3. The quantitative estimate of drug-likeness (QED) is 0.440. The van der Waals surface area contributed by atoms with Crippen LogP contribution in [-0.2, 0) is 0 Å². The van der Waals surface area contributed by atoms with Crippen molar-refractivity contribution in [1.82, 2.24) is 0 Å². The predicted molar refractivity (Wildman–Crippen MR) is 98.4 cm³/mol. The van der Waals surface area contributed by atoms with Crippen LogP contribution >= 0.6 is 0 Å². The van der Waals surface area contributed by atoms with Gasteiger partial charge in [0.1, 0.15) is 5.69 Å². The van der Waals surface area contributed by atoms with Crippen LogP contribution in [-0.4, -0.2) is 35.1 Å². The van der Waals surface area contributed by atoms with Crippen LogP contribution in [0.1, 0.15) is 5.56 Å². The van der Waals surface area contributed by atoms with Gasteiger partial charge < -0.3 is 4.90 Å². The fourth-order valence-corrected chi connectivity index (χ4v) is 2.22. The van der Waals surface area contributed by atoms with Crippen LogP contribution in [0.4, 0.5) is 28.4 Å². The van der Waals surface area contributed by atoms with E-state index in [2.05, 4.69) is 10.5 Å². The van der Waals surface area contributed by atoms with E-state index in [-0.39, 0.29) is 11.4 Å². The lowest BCUT2D eigenvalue weighted by Crippen LogP contribution is -2.11. The molecule has 2 aromatic rings. The molecular weight excluding hydrogens is 360 g/mol. The first-order chi connectivity index (χ1) is 12.7. The molecule has 0 bridgehead atoms. The number of hydrogen-bond donors (Lipinski definition) is 1. The van der Waals surface area contributed by atoms with Gasteiger partial charge >= 0.3 is 5.69 Å². The molecule has 0 aliphatic rings. The minimum absolute atomic E-state index is 0.0568. The van der Waals surface area contributed by atoms with Crippen molar-refractivity contribution in [2.24, 2.45) is 5.10 Å². The second-order valence-electron chi connectivity index (χ2n) is 5.48. The Morgan fingerprint density at radius 2 is 1.52 bits per heavy atom. The van der Waals surface area contributed by atoms with Crippen LogP contribution in [0.3, 0.4) is 0 Å². The minimum atomic E-state index is -0.774. The summed E-state index contributed by atoms with van der Waals surface area (Å²) < 4.78 is 0. The van der Waals surface area contributed by atoms with Crippen molar-refractivity contribution < 1.29 is 14.8 Å². The summed E-state index contributed by atoms with van der Waals surface area (Å²) in [5.41, 5.74) is 2.35. The monoisotopic (exact) mass is 374 g/mol. The van der Waals surface area contributed by atoms with Crippen LogP contribution in [0, 0.1) is 30.3 Å². The first kappa shape index (κ1) is 19.2. The first-order valence-corrected chi connectivity index (χ1v) is 7.38. The lowest BCUT2D eigenvalue weighted by Gasteiger charge is -2.14. The Morgan fingerprint density at radius 3 is 2.07 bits per heavy atom. The maximum atomic E-state index is 11.1. The highest BCUT2D eigenvalue weighted by Crippen LogP contribution is 2.29. The molecule has 0 fully saturated rings. The summed E-state index contributed by atoms with van der Waals surface area (Å²) in [5, 5.41) is 36.7. The molecule has 12 nitrogen and oxygen atoms in total. The summed E-state index contributed by atoms with van der Waals surface area (Å²) in [6.07, 6.45) is 1.27. The van der Waals surface area contributed by atoms with Gasteiger partial charge in [0.15, 0.2) is 0 Å². The van der Waals surface area contributed by atoms with Gasteiger partial charge in [0, 0.05) is 43.5 Å². The predicted octanol–water partition coefficient (Wildman–Crippen LogP) is 2.92. The Balaban J connectivity index is 2.35. The Morgan fingerprint density at radius 1 is 0.926 bits per heavy atom. The standard InChI is InChI=1S/C15H14N6O6/c1-18(2)14-6-4-11(19(22)23)7-10(14)9-16-17-13-5-3-12(20(24)25)8-15(13)21(26)27/h3-9,17H,1-2H3/b16-9-. The average Bonchev–Trinajstić information content (AvgIpc) is 2.61. The van der Waals surface area contributed by atoms with Gasteiger partial charge in [0.2, 0.25) is 0 Å². The third kappa shape index (κ3) is 4.50. The van der Waals surface area contributed by atoms with Gasteiger partial charge in [0.05, 0.1) is 27.1 Å². The maximum absolute atomic E-state index is 11.1. The molecule has 0 unspecified atom stereocenters. The SMILES string of the molecule is CN(C)c1ccc([N+](=O)[O-])cc1/C=N\Nc1ccc([N+](=O)[O-])cc1[N+](=O)[O-]. The van der Waals surface area contributed by atoms with Gasteiger partial charge in [-0.15, -0.1) is 0 Å². The van der Waals surface area contributed by atoms with Crippen LogP contribution < -0.4 is 10.3 Å². The fourth-order valence-electron chi connectivity index (χ4n) is 2.22. The average molecular weight is 374 g/mol. The minimum Gasteiger partial charge on any atom is -0.377 e. The largest absolute Gasteiger partial charge is 0.377 e. The van der Waals surface area contributed by atoms with Crippen molar-refractivity contribution in [3.05, 3.63) is 72.3 Å². The number of hydrogen-bond acceptors (Lipinski definition) is 9. The topological polar surface area (TPSA) is 157 Å². The molecule has 0 atom stereocenters. The van der Waals surface area contributed by atoms with Crippen LogP contribution in [0.5, 0.6) is 0 Å². The molecule has 1 N–H and O–H groups in total. The van der Waals surface area contributed by atoms with E-state index in [9.17, 15) is 30.3 Å². The third-order valence-electron chi connectivity index (χ3n) is 3.48.